The van der Waals surface area contributed by atoms with Crippen LogP contribution in [0.2, 0.25) is 0 Å². The number of fused-ring (bicyclic) bond motifs is 1. The molecule has 0 saturated carbocycles. The third-order valence-corrected chi connectivity index (χ3v) is 2.86. The number of phenols is 1. The highest BCUT2D eigenvalue weighted by atomic mass is 16.3. The first-order chi connectivity index (χ1) is 9.49. The second-order valence-corrected chi connectivity index (χ2v) is 4.32. The van der Waals surface area contributed by atoms with Crippen LogP contribution < -0.4 is 16.1 Å². The van der Waals surface area contributed by atoms with Gasteiger partial charge in [-0.1, -0.05) is 19.2 Å². The number of benzene rings is 1. The highest BCUT2D eigenvalue weighted by Crippen LogP contribution is 2.21. The first-order valence-electron chi connectivity index (χ1n) is 5.94. The maximum absolute atomic E-state index is 12.5. The summed E-state index contributed by atoms with van der Waals surface area (Å²) in [7, 11) is 0. The molecule has 0 fully saturated rings. The molecule has 0 radical (unpaired) electrons. The summed E-state index contributed by atoms with van der Waals surface area (Å²) in [6.07, 6.45) is 4.05. The number of rotatable bonds is 2. The molecule has 4 nitrogen and oxygen atoms in total. The SMILES string of the molecule is C=C/C=c1/oc2cc(C)cc(O)c2c(=O)/c1=C(\O)C=C. The summed E-state index contributed by atoms with van der Waals surface area (Å²) in [5, 5.41) is 19.7. The zero-order valence-electron chi connectivity index (χ0n) is 11.0. The number of aliphatic hydroxyl groups is 1. The van der Waals surface area contributed by atoms with Crippen LogP contribution in [-0.4, -0.2) is 10.2 Å². The van der Waals surface area contributed by atoms with Crippen LogP contribution in [0.15, 0.2) is 46.7 Å². The Balaban J connectivity index is 3.24. The van der Waals surface area contributed by atoms with Crippen LogP contribution in [0.1, 0.15) is 5.56 Å². The average molecular weight is 270 g/mol. The molecule has 1 heterocycles. The van der Waals surface area contributed by atoms with Crippen molar-refractivity contribution in [2.24, 2.45) is 0 Å². The van der Waals surface area contributed by atoms with Crippen LogP contribution in [-0.2, 0) is 0 Å². The van der Waals surface area contributed by atoms with Crippen LogP contribution in [0.25, 0.3) is 22.8 Å². The molecular weight excluding hydrogens is 256 g/mol. The number of aromatic hydroxyl groups is 1. The molecule has 0 aliphatic carbocycles. The van der Waals surface area contributed by atoms with E-state index in [0.29, 0.717) is 0 Å². The van der Waals surface area contributed by atoms with Gasteiger partial charge in [0.25, 0.3) is 0 Å². The minimum atomic E-state index is -0.519. The monoisotopic (exact) mass is 270 g/mol. The molecular formula is C16H14O4. The molecule has 2 rings (SSSR count). The molecule has 0 saturated heterocycles. The second-order valence-electron chi connectivity index (χ2n) is 4.32. The Hall–Kier alpha value is -2.75. The van der Waals surface area contributed by atoms with Crippen molar-refractivity contribution in [1.82, 2.24) is 0 Å². The van der Waals surface area contributed by atoms with Gasteiger partial charge in [-0.3, -0.25) is 4.79 Å². The van der Waals surface area contributed by atoms with E-state index < -0.39 is 5.43 Å². The Bertz CT molecular complexity index is 885. The van der Waals surface area contributed by atoms with Crippen LogP contribution in [0, 0.1) is 6.92 Å². The predicted molar refractivity (Wildman–Crippen MR) is 79.0 cm³/mol. The van der Waals surface area contributed by atoms with Gasteiger partial charge in [-0.05, 0) is 36.8 Å². The van der Waals surface area contributed by atoms with Gasteiger partial charge in [0, 0.05) is 0 Å². The van der Waals surface area contributed by atoms with Crippen molar-refractivity contribution in [3.63, 3.8) is 0 Å². The molecule has 1 aromatic carbocycles. The molecule has 1 aromatic heterocycles. The molecule has 0 unspecified atom stereocenters. The van der Waals surface area contributed by atoms with Gasteiger partial charge in [0.1, 0.15) is 33.1 Å². The number of aryl methyl sites for hydroxylation is 1. The molecule has 0 bridgehead atoms. The van der Waals surface area contributed by atoms with Gasteiger partial charge in [0.2, 0.25) is 5.43 Å². The normalized spacial score (nSPS) is 13.3. The molecule has 20 heavy (non-hydrogen) atoms. The summed E-state index contributed by atoms with van der Waals surface area (Å²) in [6, 6.07) is 3.11. The highest BCUT2D eigenvalue weighted by Gasteiger charge is 2.11. The van der Waals surface area contributed by atoms with Gasteiger partial charge < -0.3 is 14.6 Å². The number of aliphatic hydroxyl groups excluding tert-OH is 1. The Morgan fingerprint density at radius 1 is 1.35 bits per heavy atom. The van der Waals surface area contributed by atoms with E-state index in [0.717, 1.165) is 11.6 Å². The van der Waals surface area contributed by atoms with Crippen molar-refractivity contribution in [3.8, 4) is 5.75 Å². The molecule has 0 atom stereocenters. The highest BCUT2D eigenvalue weighted by molar-refractivity contribution is 5.84. The van der Waals surface area contributed by atoms with E-state index in [-0.39, 0.29) is 33.1 Å². The largest absolute Gasteiger partial charge is 0.507 e. The topological polar surface area (TPSA) is 70.7 Å². The fourth-order valence-electron chi connectivity index (χ4n) is 2.02. The summed E-state index contributed by atoms with van der Waals surface area (Å²) >= 11 is 0. The van der Waals surface area contributed by atoms with E-state index in [1.807, 2.05) is 0 Å². The Kier molecular flexibility index (Phi) is 3.48. The summed E-state index contributed by atoms with van der Waals surface area (Å²) in [5.41, 5.74) is 0.655. The van der Waals surface area contributed by atoms with E-state index >= 15 is 0 Å². The standard InChI is InChI=1S/C16H14O4/c1-4-6-12-14(10(17)5-2)16(19)15-11(18)7-9(3)8-13(15)20-12/h4-8,17-18H,1-2H2,3H3/b12-6+,14-10-. The van der Waals surface area contributed by atoms with Crippen LogP contribution in [0.5, 0.6) is 5.75 Å². The van der Waals surface area contributed by atoms with Gasteiger partial charge in [0.05, 0.1) is 0 Å². The molecule has 0 aliphatic rings. The smallest absolute Gasteiger partial charge is 0.208 e. The van der Waals surface area contributed by atoms with Gasteiger partial charge in [0.15, 0.2) is 0 Å². The summed E-state index contributed by atoms with van der Waals surface area (Å²) in [4.78, 5) is 12.5. The third-order valence-electron chi connectivity index (χ3n) is 2.86. The molecule has 102 valence electrons. The zero-order valence-corrected chi connectivity index (χ0v) is 11.0. The van der Waals surface area contributed by atoms with Gasteiger partial charge in [-0.2, -0.15) is 0 Å². The fraction of sp³-hybridized carbons (Fsp3) is 0.0625. The predicted octanol–water partition coefficient (Wildman–Crippen LogP) is 1.63. The van der Waals surface area contributed by atoms with Crippen LogP contribution >= 0.6 is 0 Å². The van der Waals surface area contributed by atoms with Crippen molar-refractivity contribution in [2.75, 3.05) is 0 Å². The third kappa shape index (κ3) is 2.12. The second kappa shape index (κ2) is 5.09. The zero-order chi connectivity index (χ0) is 14.9. The first-order valence-corrected chi connectivity index (χ1v) is 5.94. The average Bonchev–Trinajstić information content (AvgIpc) is 2.37. The Morgan fingerprint density at radius 3 is 2.65 bits per heavy atom. The number of phenolic OH excluding ortho intramolecular Hbond substituents is 1. The number of allylic oxidation sites excluding steroid dienone is 1. The van der Waals surface area contributed by atoms with Crippen molar-refractivity contribution in [2.45, 2.75) is 6.92 Å². The minimum Gasteiger partial charge on any atom is -0.507 e. The van der Waals surface area contributed by atoms with Gasteiger partial charge >= 0.3 is 0 Å². The quantitative estimate of drug-likeness (QED) is 0.870. The van der Waals surface area contributed by atoms with Crippen LogP contribution in [0.3, 0.4) is 0 Å². The van der Waals surface area contributed by atoms with E-state index in [1.165, 1.54) is 18.2 Å². The van der Waals surface area contributed by atoms with Crippen molar-refractivity contribution in [3.05, 3.63) is 63.9 Å². The van der Waals surface area contributed by atoms with Crippen molar-refractivity contribution >= 4 is 22.8 Å². The molecule has 4 heteroatoms. The van der Waals surface area contributed by atoms with Crippen LogP contribution in [0.4, 0.5) is 0 Å². The van der Waals surface area contributed by atoms with Gasteiger partial charge in [-0.25, -0.2) is 0 Å². The maximum atomic E-state index is 12.5. The van der Waals surface area contributed by atoms with E-state index in [4.69, 9.17) is 4.42 Å². The fourth-order valence-corrected chi connectivity index (χ4v) is 2.02. The number of hydrogen-bond donors (Lipinski definition) is 2. The molecule has 2 N–H and O–H groups in total. The van der Waals surface area contributed by atoms with E-state index in [1.54, 1.807) is 13.0 Å². The minimum absolute atomic E-state index is 0.0280. The van der Waals surface area contributed by atoms with E-state index in [2.05, 4.69) is 13.2 Å². The Morgan fingerprint density at radius 2 is 2.05 bits per heavy atom. The molecule has 0 spiro atoms. The Labute approximate surface area is 114 Å². The molecule has 0 aliphatic heterocycles. The number of hydrogen-bond acceptors (Lipinski definition) is 4. The molecule has 2 aromatic rings. The molecule has 0 amide bonds. The first kappa shape index (κ1) is 13.7. The maximum Gasteiger partial charge on any atom is 0.208 e. The van der Waals surface area contributed by atoms with Crippen molar-refractivity contribution in [1.29, 1.82) is 0 Å². The van der Waals surface area contributed by atoms with Crippen molar-refractivity contribution < 1.29 is 14.6 Å². The lowest BCUT2D eigenvalue weighted by Crippen LogP contribution is -2.40. The lowest BCUT2D eigenvalue weighted by Gasteiger charge is -2.03. The lowest BCUT2D eigenvalue weighted by atomic mass is 10.1. The summed E-state index contributed by atoms with van der Waals surface area (Å²) < 4.78 is 5.58. The summed E-state index contributed by atoms with van der Waals surface area (Å²) in [6.45, 7) is 8.74. The lowest BCUT2D eigenvalue weighted by molar-refractivity contribution is 0.476. The van der Waals surface area contributed by atoms with Gasteiger partial charge in [-0.15, -0.1) is 0 Å². The summed E-state index contributed by atoms with van der Waals surface area (Å²) in [5.74, 6) is -0.495. The van der Waals surface area contributed by atoms with E-state index in [9.17, 15) is 15.0 Å².